The van der Waals surface area contributed by atoms with Gasteiger partial charge < -0.3 is 24.6 Å². The number of fused-ring (bicyclic) bond motifs is 1. The number of hydrogen-bond acceptors (Lipinski definition) is 7. The van der Waals surface area contributed by atoms with Crippen molar-refractivity contribution in [1.29, 1.82) is 0 Å². The predicted octanol–water partition coefficient (Wildman–Crippen LogP) is 5.36. The molecule has 41 heavy (non-hydrogen) atoms. The van der Waals surface area contributed by atoms with E-state index in [2.05, 4.69) is 22.2 Å². The number of nitrogens with one attached hydrogen (secondary N) is 2. The Morgan fingerprint density at radius 1 is 0.854 bits per heavy atom. The maximum atomic E-state index is 12.1. The molecule has 0 saturated carbocycles. The minimum Gasteiger partial charge on any atom is -0.487 e. The Morgan fingerprint density at radius 3 is 2.22 bits per heavy atom. The summed E-state index contributed by atoms with van der Waals surface area (Å²) in [7, 11) is -3.59. The summed E-state index contributed by atoms with van der Waals surface area (Å²) in [5, 5.41) is 15.0. The second kappa shape index (κ2) is 12.6. The first-order valence-electron chi connectivity index (χ1n) is 13.4. The van der Waals surface area contributed by atoms with Crippen molar-refractivity contribution >= 4 is 15.7 Å². The largest absolute Gasteiger partial charge is 0.487 e. The highest BCUT2D eigenvalue weighted by molar-refractivity contribution is 7.92. The monoisotopic (exact) mass is 574 g/mol. The molecule has 5 rings (SSSR count). The van der Waals surface area contributed by atoms with Gasteiger partial charge in [0.25, 0.3) is 0 Å². The van der Waals surface area contributed by atoms with Gasteiger partial charge in [-0.25, -0.2) is 8.42 Å². The molecule has 1 aliphatic rings. The normalized spacial score (nSPS) is 14.7. The van der Waals surface area contributed by atoms with Crippen LogP contribution in [-0.2, 0) is 23.1 Å². The van der Waals surface area contributed by atoms with Gasteiger partial charge in [0, 0.05) is 12.1 Å². The molecule has 9 heteroatoms. The van der Waals surface area contributed by atoms with Crippen molar-refractivity contribution in [1.82, 2.24) is 5.32 Å². The van der Waals surface area contributed by atoms with Gasteiger partial charge >= 0.3 is 0 Å². The third-order valence-corrected chi connectivity index (χ3v) is 7.49. The van der Waals surface area contributed by atoms with Gasteiger partial charge in [0.05, 0.1) is 18.0 Å². The second-order valence-electron chi connectivity index (χ2n) is 10.2. The van der Waals surface area contributed by atoms with Crippen molar-refractivity contribution in [2.45, 2.75) is 38.1 Å². The van der Waals surface area contributed by atoms with Crippen molar-refractivity contribution in [3.05, 3.63) is 119 Å². The lowest BCUT2D eigenvalue weighted by molar-refractivity contribution is 0.129. The van der Waals surface area contributed by atoms with Gasteiger partial charge in [0.15, 0.2) is 11.5 Å². The van der Waals surface area contributed by atoms with Gasteiger partial charge in [-0.2, -0.15) is 0 Å². The Morgan fingerprint density at radius 2 is 1.51 bits per heavy atom. The zero-order chi connectivity index (χ0) is 28.8. The molecule has 3 N–H and O–H groups in total. The minimum atomic E-state index is -3.59. The lowest BCUT2D eigenvalue weighted by atomic mass is 9.95. The number of aliphatic hydroxyl groups is 1. The molecular formula is C32H34N2O6S. The average Bonchev–Trinajstić information content (AvgIpc) is 3.44. The van der Waals surface area contributed by atoms with Crippen LogP contribution in [0.1, 0.15) is 41.3 Å². The quantitative estimate of drug-likeness (QED) is 0.209. The summed E-state index contributed by atoms with van der Waals surface area (Å²) in [6.45, 7) is 2.37. The lowest BCUT2D eigenvalue weighted by Gasteiger charge is -2.28. The maximum Gasteiger partial charge on any atom is 0.231 e. The van der Waals surface area contributed by atoms with Crippen molar-refractivity contribution < 1.29 is 27.7 Å². The fourth-order valence-electron chi connectivity index (χ4n) is 4.82. The third kappa shape index (κ3) is 7.58. The van der Waals surface area contributed by atoms with Gasteiger partial charge in [0.1, 0.15) is 12.4 Å². The van der Waals surface area contributed by atoms with Crippen LogP contribution in [0.4, 0.5) is 5.69 Å². The molecule has 4 aromatic carbocycles. The van der Waals surface area contributed by atoms with E-state index in [0.29, 0.717) is 29.2 Å². The van der Waals surface area contributed by atoms with E-state index >= 15 is 0 Å². The SMILES string of the molecule is CC(NC(Cc1ccccc1)c1ccc2c(c1)OCO2)C(O)c1ccc(OCc2ccccc2)c(NS(C)(=O)=O)c1. The Labute approximate surface area is 241 Å². The van der Waals surface area contributed by atoms with E-state index < -0.39 is 22.2 Å². The van der Waals surface area contributed by atoms with Gasteiger partial charge in [0.2, 0.25) is 16.8 Å². The van der Waals surface area contributed by atoms with Crippen molar-refractivity contribution in [2.24, 2.45) is 0 Å². The smallest absolute Gasteiger partial charge is 0.231 e. The van der Waals surface area contributed by atoms with Crippen LogP contribution in [0, 0.1) is 0 Å². The van der Waals surface area contributed by atoms with Gasteiger partial charge in [-0.05, 0) is 59.9 Å². The summed E-state index contributed by atoms with van der Waals surface area (Å²) in [6, 6.07) is 30.1. The molecule has 0 aromatic heterocycles. The van der Waals surface area contributed by atoms with E-state index in [9.17, 15) is 13.5 Å². The number of aliphatic hydroxyl groups excluding tert-OH is 1. The molecule has 8 nitrogen and oxygen atoms in total. The summed E-state index contributed by atoms with van der Waals surface area (Å²) in [5.41, 5.74) is 3.91. The number of ether oxygens (including phenoxy) is 3. The van der Waals surface area contributed by atoms with Crippen LogP contribution >= 0.6 is 0 Å². The summed E-state index contributed by atoms with van der Waals surface area (Å²) < 4.78 is 43.8. The Kier molecular flexibility index (Phi) is 8.78. The summed E-state index contributed by atoms with van der Waals surface area (Å²) in [4.78, 5) is 0. The molecule has 1 aliphatic heterocycles. The van der Waals surface area contributed by atoms with Gasteiger partial charge in [-0.1, -0.05) is 72.8 Å². The standard InChI is InChI=1S/C32H34N2O6S/c1-22(33-27(17-23-9-5-3-6-10-23)25-13-16-30-31(19-25)40-21-39-30)32(35)26-14-15-29(28(18-26)34-41(2,36)37)38-20-24-11-7-4-8-12-24/h3-16,18-19,22,27,32-35H,17,20-21H2,1-2H3. The molecule has 0 bridgehead atoms. The van der Waals surface area contributed by atoms with Crippen molar-refractivity contribution in [3.8, 4) is 17.2 Å². The van der Waals surface area contributed by atoms with Crippen molar-refractivity contribution in [2.75, 3.05) is 17.8 Å². The molecule has 0 spiro atoms. The van der Waals surface area contributed by atoms with Crippen LogP contribution < -0.4 is 24.2 Å². The fourth-order valence-corrected chi connectivity index (χ4v) is 5.38. The molecular weight excluding hydrogens is 540 g/mol. The van der Waals surface area contributed by atoms with Crippen LogP contribution in [0.2, 0.25) is 0 Å². The highest BCUT2D eigenvalue weighted by Crippen LogP contribution is 2.36. The van der Waals surface area contributed by atoms with Crippen LogP contribution in [-0.4, -0.2) is 32.6 Å². The van der Waals surface area contributed by atoms with Crippen molar-refractivity contribution in [3.63, 3.8) is 0 Å². The molecule has 0 aliphatic carbocycles. The molecule has 0 amide bonds. The zero-order valence-corrected chi connectivity index (χ0v) is 23.8. The Balaban J connectivity index is 1.37. The fraction of sp³-hybridized carbons (Fsp3) is 0.250. The summed E-state index contributed by atoms with van der Waals surface area (Å²) in [6.07, 6.45) is 0.830. The van der Waals surface area contributed by atoms with Crippen LogP contribution in [0.5, 0.6) is 17.2 Å². The van der Waals surface area contributed by atoms with E-state index in [4.69, 9.17) is 14.2 Å². The summed E-state index contributed by atoms with van der Waals surface area (Å²) in [5.74, 6) is 1.78. The van der Waals surface area contributed by atoms with Crippen LogP contribution in [0.3, 0.4) is 0 Å². The average molecular weight is 575 g/mol. The lowest BCUT2D eigenvalue weighted by Crippen LogP contribution is -2.36. The molecule has 214 valence electrons. The summed E-state index contributed by atoms with van der Waals surface area (Å²) >= 11 is 0. The Bertz CT molecular complexity index is 1560. The zero-order valence-electron chi connectivity index (χ0n) is 23.0. The highest BCUT2D eigenvalue weighted by atomic mass is 32.2. The predicted molar refractivity (Wildman–Crippen MR) is 159 cm³/mol. The third-order valence-electron chi connectivity index (χ3n) is 6.90. The van der Waals surface area contributed by atoms with Crippen LogP contribution in [0.15, 0.2) is 97.1 Å². The number of rotatable bonds is 12. The Hall–Kier alpha value is -4.05. The van der Waals surface area contributed by atoms with Gasteiger partial charge in [-0.3, -0.25) is 4.72 Å². The van der Waals surface area contributed by atoms with E-state index in [1.54, 1.807) is 18.2 Å². The van der Waals surface area contributed by atoms with E-state index in [-0.39, 0.29) is 25.1 Å². The highest BCUT2D eigenvalue weighted by Gasteiger charge is 2.25. The molecule has 0 radical (unpaired) electrons. The first kappa shape index (κ1) is 28.5. The first-order valence-corrected chi connectivity index (χ1v) is 15.3. The molecule has 4 aromatic rings. The molecule has 3 unspecified atom stereocenters. The van der Waals surface area contributed by atoms with Gasteiger partial charge in [-0.15, -0.1) is 0 Å². The van der Waals surface area contributed by atoms with E-state index in [0.717, 1.165) is 22.9 Å². The number of sulfonamides is 1. The number of benzene rings is 4. The topological polar surface area (TPSA) is 106 Å². The van der Waals surface area contributed by atoms with E-state index in [1.165, 1.54) is 0 Å². The molecule has 1 heterocycles. The second-order valence-corrected chi connectivity index (χ2v) is 11.9. The first-order chi connectivity index (χ1) is 19.7. The number of hydrogen-bond donors (Lipinski definition) is 3. The molecule has 3 atom stereocenters. The minimum absolute atomic E-state index is 0.140. The number of anilines is 1. The van der Waals surface area contributed by atoms with E-state index in [1.807, 2.05) is 73.7 Å². The molecule has 0 saturated heterocycles. The van der Waals surface area contributed by atoms with Crippen LogP contribution in [0.25, 0.3) is 0 Å². The molecule has 0 fully saturated rings. The maximum absolute atomic E-state index is 12.1.